The second-order valence-corrected chi connectivity index (χ2v) is 12.1. The number of anilines is 2. The van der Waals surface area contributed by atoms with Gasteiger partial charge in [-0.1, -0.05) is 17.7 Å². The van der Waals surface area contributed by atoms with Crippen LogP contribution in [0.5, 0.6) is 0 Å². The summed E-state index contributed by atoms with van der Waals surface area (Å²) in [4.78, 5) is 38.7. The number of benzene rings is 1. The minimum atomic E-state index is -0.549. The van der Waals surface area contributed by atoms with Crippen LogP contribution < -0.4 is 15.6 Å². The number of amides is 1. The van der Waals surface area contributed by atoms with Gasteiger partial charge >= 0.3 is 6.09 Å². The maximum atomic E-state index is 13.5. The predicted molar refractivity (Wildman–Crippen MR) is 166 cm³/mol. The number of carbonyl (C=O) groups excluding carboxylic acids is 1. The zero-order valence-electron chi connectivity index (χ0n) is 24.8. The molecule has 1 aliphatic heterocycles. The van der Waals surface area contributed by atoms with Crippen LogP contribution in [0.3, 0.4) is 0 Å². The van der Waals surface area contributed by atoms with Gasteiger partial charge in [0.1, 0.15) is 22.1 Å². The minimum Gasteiger partial charge on any atom is -0.455 e. The van der Waals surface area contributed by atoms with Crippen LogP contribution in [0.2, 0.25) is 5.15 Å². The van der Waals surface area contributed by atoms with Gasteiger partial charge in [0.2, 0.25) is 0 Å². The Balaban J connectivity index is 1.45. The van der Waals surface area contributed by atoms with Crippen molar-refractivity contribution in [3.8, 4) is 11.3 Å². The molecule has 1 aliphatic rings. The maximum Gasteiger partial charge on any atom is 0.410 e. The van der Waals surface area contributed by atoms with Crippen molar-refractivity contribution in [1.82, 2.24) is 14.9 Å². The minimum absolute atomic E-state index is 0.0658. The van der Waals surface area contributed by atoms with Crippen molar-refractivity contribution in [3.05, 3.63) is 80.9 Å². The first-order chi connectivity index (χ1) is 19.9. The number of hydrogen-bond acceptors (Lipinski definition) is 8. The summed E-state index contributed by atoms with van der Waals surface area (Å²) in [7, 11) is 0. The van der Waals surface area contributed by atoms with Gasteiger partial charge in [-0.05, 0) is 77.4 Å². The number of pyridine rings is 2. The predicted octanol–water partition coefficient (Wildman–Crippen LogP) is 6.75. The standard InChI is InChI=1S/C32H36ClN5O4/c1-19-16-23(29-24(17-19)27(39)20(2)28(41-29)22-8-7-11-34-18-22)21(3)35-25-9-10-26(33)36-30(25)37-12-14-38(15-13-37)31(40)42-32(4,5)6/h7-11,16-18,21,35H,12-15H2,1-6H3. The van der Waals surface area contributed by atoms with Gasteiger partial charge < -0.3 is 24.3 Å². The molecule has 1 N–H and O–H groups in total. The lowest BCUT2D eigenvalue weighted by atomic mass is 9.99. The molecule has 4 aromatic rings. The molecule has 1 amide bonds. The average Bonchev–Trinajstić information content (AvgIpc) is 2.95. The highest BCUT2D eigenvalue weighted by Crippen LogP contribution is 2.34. The molecule has 3 aromatic heterocycles. The van der Waals surface area contributed by atoms with Crippen LogP contribution in [-0.4, -0.2) is 52.7 Å². The molecule has 1 saturated heterocycles. The monoisotopic (exact) mass is 589 g/mol. The number of nitrogens with one attached hydrogen (secondary N) is 1. The number of ether oxygens (including phenoxy) is 1. The van der Waals surface area contributed by atoms with Gasteiger partial charge in [0.25, 0.3) is 0 Å². The molecule has 0 aliphatic carbocycles. The van der Waals surface area contributed by atoms with E-state index in [0.29, 0.717) is 59.4 Å². The van der Waals surface area contributed by atoms with Gasteiger partial charge in [0.15, 0.2) is 11.2 Å². The van der Waals surface area contributed by atoms with Crippen molar-refractivity contribution in [3.63, 3.8) is 0 Å². The van der Waals surface area contributed by atoms with Crippen LogP contribution >= 0.6 is 11.6 Å². The van der Waals surface area contributed by atoms with Crippen molar-refractivity contribution < 1.29 is 13.9 Å². The highest BCUT2D eigenvalue weighted by atomic mass is 35.5. The molecule has 1 fully saturated rings. The molecule has 1 aromatic carbocycles. The summed E-state index contributed by atoms with van der Waals surface area (Å²) in [5.41, 5.74) is 3.80. The Labute approximate surface area is 250 Å². The second-order valence-electron chi connectivity index (χ2n) is 11.7. The van der Waals surface area contributed by atoms with E-state index >= 15 is 0 Å². The topological polar surface area (TPSA) is 101 Å². The lowest BCUT2D eigenvalue weighted by Gasteiger charge is -2.37. The number of carbonyl (C=O) groups is 1. The summed E-state index contributed by atoms with van der Waals surface area (Å²) in [5.74, 6) is 1.21. The normalized spacial score (nSPS) is 14.6. The van der Waals surface area contributed by atoms with Crippen molar-refractivity contribution in [2.24, 2.45) is 0 Å². The third-order valence-corrected chi connectivity index (χ3v) is 7.44. The van der Waals surface area contributed by atoms with E-state index in [9.17, 15) is 9.59 Å². The highest BCUT2D eigenvalue weighted by molar-refractivity contribution is 6.29. The number of nitrogens with zero attached hydrogens (tertiary/aromatic N) is 4. The lowest BCUT2D eigenvalue weighted by molar-refractivity contribution is 0.0240. The molecule has 10 heteroatoms. The van der Waals surface area contributed by atoms with Crippen LogP contribution in [0, 0.1) is 13.8 Å². The SMILES string of the molecule is Cc1cc(C(C)Nc2ccc(Cl)nc2N2CCN(C(=O)OC(C)(C)C)CC2)c2oc(-c3cccnc3)c(C)c(=O)c2c1. The molecule has 5 rings (SSSR count). The van der Waals surface area contributed by atoms with Crippen molar-refractivity contribution in [2.45, 2.75) is 53.2 Å². The molecule has 42 heavy (non-hydrogen) atoms. The van der Waals surface area contributed by atoms with Crippen molar-refractivity contribution in [2.75, 3.05) is 36.4 Å². The Morgan fingerprint density at radius 1 is 1.12 bits per heavy atom. The van der Waals surface area contributed by atoms with Crippen LogP contribution in [0.25, 0.3) is 22.3 Å². The number of rotatable bonds is 5. The van der Waals surface area contributed by atoms with Gasteiger partial charge in [0.05, 0.1) is 17.1 Å². The Morgan fingerprint density at radius 2 is 1.86 bits per heavy atom. The first kappa shape index (κ1) is 29.4. The number of hydrogen-bond donors (Lipinski definition) is 1. The number of aryl methyl sites for hydroxylation is 1. The van der Waals surface area contributed by atoms with E-state index in [1.165, 1.54) is 0 Å². The Morgan fingerprint density at radius 3 is 2.52 bits per heavy atom. The van der Waals surface area contributed by atoms with Gasteiger partial charge in [-0.15, -0.1) is 0 Å². The second kappa shape index (κ2) is 11.6. The molecule has 1 unspecified atom stereocenters. The van der Waals surface area contributed by atoms with E-state index in [2.05, 4.69) is 20.2 Å². The summed E-state index contributed by atoms with van der Waals surface area (Å²) < 4.78 is 12.0. The van der Waals surface area contributed by atoms with E-state index in [0.717, 1.165) is 22.4 Å². The van der Waals surface area contributed by atoms with Crippen LogP contribution in [0.15, 0.2) is 58.0 Å². The summed E-state index contributed by atoms with van der Waals surface area (Å²) in [5, 5.41) is 4.50. The Bertz CT molecular complexity index is 1670. The largest absolute Gasteiger partial charge is 0.455 e. The van der Waals surface area contributed by atoms with Crippen LogP contribution in [0.1, 0.15) is 50.4 Å². The average molecular weight is 590 g/mol. The van der Waals surface area contributed by atoms with Gasteiger partial charge in [-0.2, -0.15) is 0 Å². The molecular formula is C32H36ClN5O4. The van der Waals surface area contributed by atoms with Gasteiger partial charge in [-0.3, -0.25) is 9.78 Å². The fourth-order valence-corrected chi connectivity index (χ4v) is 5.32. The third-order valence-electron chi connectivity index (χ3n) is 7.23. The molecular weight excluding hydrogens is 554 g/mol. The third kappa shape index (κ3) is 6.21. The van der Waals surface area contributed by atoms with E-state index in [1.807, 2.05) is 65.0 Å². The first-order valence-electron chi connectivity index (χ1n) is 14.1. The van der Waals surface area contributed by atoms with E-state index in [4.69, 9.17) is 20.8 Å². The Hall–Kier alpha value is -4.11. The van der Waals surface area contributed by atoms with Crippen molar-refractivity contribution in [1.29, 1.82) is 0 Å². The first-order valence-corrected chi connectivity index (χ1v) is 14.4. The fraction of sp³-hybridized carbons (Fsp3) is 0.375. The maximum absolute atomic E-state index is 13.5. The zero-order valence-corrected chi connectivity index (χ0v) is 25.6. The molecule has 1 atom stereocenters. The smallest absolute Gasteiger partial charge is 0.410 e. The zero-order chi connectivity index (χ0) is 30.2. The lowest BCUT2D eigenvalue weighted by Crippen LogP contribution is -2.50. The number of fused-ring (bicyclic) bond motifs is 1. The quantitative estimate of drug-likeness (QED) is 0.255. The van der Waals surface area contributed by atoms with Crippen LogP contribution in [0.4, 0.5) is 16.3 Å². The molecule has 0 radical (unpaired) electrons. The number of piperazine rings is 1. The summed E-state index contributed by atoms with van der Waals surface area (Å²) in [6.45, 7) is 13.5. The summed E-state index contributed by atoms with van der Waals surface area (Å²) in [6.07, 6.45) is 3.07. The van der Waals surface area contributed by atoms with Crippen LogP contribution in [-0.2, 0) is 4.74 Å². The summed E-state index contributed by atoms with van der Waals surface area (Å²) in [6, 6.07) is 11.0. The van der Waals surface area contributed by atoms with Crippen molar-refractivity contribution >= 4 is 40.2 Å². The fourth-order valence-electron chi connectivity index (χ4n) is 5.18. The highest BCUT2D eigenvalue weighted by Gasteiger charge is 2.28. The molecule has 0 spiro atoms. The van der Waals surface area contributed by atoms with Gasteiger partial charge in [0, 0.05) is 55.3 Å². The molecule has 4 heterocycles. The Kier molecular flexibility index (Phi) is 8.14. The number of halogens is 1. The summed E-state index contributed by atoms with van der Waals surface area (Å²) >= 11 is 6.34. The van der Waals surface area contributed by atoms with E-state index < -0.39 is 5.60 Å². The number of aromatic nitrogens is 2. The molecule has 220 valence electrons. The van der Waals surface area contributed by atoms with E-state index in [-0.39, 0.29) is 17.6 Å². The molecule has 9 nitrogen and oxygen atoms in total. The van der Waals surface area contributed by atoms with E-state index in [1.54, 1.807) is 30.3 Å². The molecule has 0 saturated carbocycles. The molecule has 0 bridgehead atoms. The van der Waals surface area contributed by atoms with Gasteiger partial charge in [-0.25, -0.2) is 9.78 Å².